The molecule has 0 aliphatic heterocycles. The van der Waals surface area contributed by atoms with Gasteiger partial charge in [0.05, 0.1) is 17.7 Å². The molecule has 16 heavy (non-hydrogen) atoms. The molecule has 2 aromatic rings. The molecule has 84 valence electrons. The molecule has 2 rings (SSSR count). The highest BCUT2D eigenvalue weighted by molar-refractivity contribution is 5.69. The van der Waals surface area contributed by atoms with Crippen molar-refractivity contribution in [2.45, 2.75) is 13.5 Å². The molecule has 0 atom stereocenters. The first-order valence-corrected chi connectivity index (χ1v) is 5.32. The highest BCUT2D eigenvalue weighted by Gasteiger charge is 2.00. The number of hydrogen-bond acceptors (Lipinski definition) is 3. The van der Waals surface area contributed by atoms with Crippen LogP contribution < -0.4 is 11.1 Å². The number of nitrogens with two attached hydrogens (primary N) is 1. The lowest BCUT2D eigenvalue weighted by molar-refractivity contribution is 0.727. The predicted octanol–water partition coefficient (Wildman–Crippen LogP) is 1.89. The number of hydrogen-bond donors (Lipinski definition) is 2. The number of nitrogens with one attached hydrogen (secondary N) is 1. The van der Waals surface area contributed by atoms with E-state index in [1.165, 1.54) is 5.56 Å². The Kier molecular flexibility index (Phi) is 3.10. The van der Waals surface area contributed by atoms with Gasteiger partial charge >= 0.3 is 0 Å². The first kappa shape index (κ1) is 10.5. The van der Waals surface area contributed by atoms with Crippen molar-refractivity contribution >= 4 is 11.4 Å². The van der Waals surface area contributed by atoms with Crippen LogP contribution >= 0.6 is 0 Å². The predicted molar refractivity (Wildman–Crippen MR) is 66.3 cm³/mol. The lowest BCUT2D eigenvalue weighted by Gasteiger charge is -2.12. The van der Waals surface area contributed by atoms with Crippen LogP contribution in [0.15, 0.2) is 36.9 Å². The molecule has 0 bridgehead atoms. The minimum absolute atomic E-state index is 0.797. The summed E-state index contributed by atoms with van der Waals surface area (Å²) in [4.78, 5) is 3.99. The summed E-state index contributed by atoms with van der Waals surface area (Å²) in [5.41, 5.74) is 8.90. The average Bonchev–Trinajstić information content (AvgIpc) is 2.75. The monoisotopic (exact) mass is 216 g/mol. The fourth-order valence-electron chi connectivity index (χ4n) is 1.66. The van der Waals surface area contributed by atoms with Crippen molar-refractivity contribution in [3.8, 4) is 0 Å². The maximum atomic E-state index is 5.90. The van der Waals surface area contributed by atoms with Gasteiger partial charge in [0.15, 0.2) is 0 Å². The Morgan fingerprint density at radius 3 is 3.00 bits per heavy atom. The Morgan fingerprint density at radius 1 is 1.44 bits per heavy atom. The highest BCUT2D eigenvalue weighted by atomic mass is 15.0. The minimum Gasteiger partial charge on any atom is -0.397 e. The molecule has 1 aromatic heterocycles. The molecule has 0 unspecified atom stereocenters. The van der Waals surface area contributed by atoms with Crippen LogP contribution in [0.5, 0.6) is 0 Å². The van der Waals surface area contributed by atoms with Gasteiger partial charge in [-0.25, -0.2) is 4.98 Å². The van der Waals surface area contributed by atoms with Crippen LogP contribution in [0.4, 0.5) is 11.4 Å². The van der Waals surface area contributed by atoms with Crippen molar-refractivity contribution in [3.63, 3.8) is 0 Å². The second-order valence-electron chi connectivity index (χ2n) is 3.77. The average molecular weight is 216 g/mol. The molecule has 0 aliphatic carbocycles. The standard InChI is InChI=1S/C12H16N4/c1-10-3-2-4-11(13)12(10)15-6-8-16-7-5-14-9-16/h2-5,7,9,15H,6,8,13H2,1H3. The third kappa shape index (κ3) is 2.34. The van der Waals surface area contributed by atoms with Crippen molar-refractivity contribution in [3.05, 3.63) is 42.5 Å². The quantitative estimate of drug-likeness (QED) is 0.767. The van der Waals surface area contributed by atoms with Crippen LogP contribution in [-0.2, 0) is 6.54 Å². The van der Waals surface area contributed by atoms with E-state index in [0.717, 1.165) is 24.5 Å². The van der Waals surface area contributed by atoms with Crippen LogP contribution in [-0.4, -0.2) is 16.1 Å². The highest BCUT2D eigenvalue weighted by Crippen LogP contribution is 2.21. The molecule has 0 aliphatic rings. The summed E-state index contributed by atoms with van der Waals surface area (Å²) in [6, 6.07) is 5.92. The zero-order chi connectivity index (χ0) is 11.4. The van der Waals surface area contributed by atoms with Crippen molar-refractivity contribution in [1.82, 2.24) is 9.55 Å². The summed E-state index contributed by atoms with van der Waals surface area (Å²) in [5, 5.41) is 3.35. The normalized spacial score (nSPS) is 10.3. The number of imidazole rings is 1. The van der Waals surface area contributed by atoms with E-state index >= 15 is 0 Å². The van der Waals surface area contributed by atoms with Crippen molar-refractivity contribution in [2.75, 3.05) is 17.6 Å². The second-order valence-corrected chi connectivity index (χ2v) is 3.77. The van der Waals surface area contributed by atoms with E-state index in [2.05, 4.69) is 23.3 Å². The van der Waals surface area contributed by atoms with Gasteiger partial charge < -0.3 is 15.6 Å². The van der Waals surface area contributed by atoms with Crippen LogP contribution in [0.1, 0.15) is 5.56 Å². The smallest absolute Gasteiger partial charge is 0.0946 e. The Labute approximate surface area is 95.1 Å². The summed E-state index contributed by atoms with van der Waals surface area (Å²) >= 11 is 0. The largest absolute Gasteiger partial charge is 0.397 e. The van der Waals surface area contributed by atoms with E-state index in [9.17, 15) is 0 Å². The maximum absolute atomic E-state index is 5.90. The van der Waals surface area contributed by atoms with Gasteiger partial charge in [-0.15, -0.1) is 0 Å². The fourth-order valence-corrected chi connectivity index (χ4v) is 1.66. The van der Waals surface area contributed by atoms with Gasteiger partial charge in [-0.2, -0.15) is 0 Å². The zero-order valence-electron chi connectivity index (χ0n) is 9.35. The van der Waals surface area contributed by atoms with Crippen LogP contribution in [0.3, 0.4) is 0 Å². The second kappa shape index (κ2) is 4.70. The summed E-state index contributed by atoms with van der Waals surface area (Å²) < 4.78 is 2.03. The molecular weight excluding hydrogens is 200 g/mol. The van der Waals surface area contributed by atoms with E-state index in [1.807, 2.05) is 29.2 Å². The van der Waals surface area contributed by atoms with Crippen LogP contribution in [0, 0.1) is 6.92 Å². The van der Waals surface area contributed by atoms with Gasteiger partial charge in [0.25, 0.3) is 0 Å². The topological polar surface area (TPSA) is 55.9 Å². The summed E-state index contributed by atoms with van der Waals surface area (Å²) in [6.45, 7) is 3.77. The van der Waals surface area contributed by atoms with Crippen molar-refractivity contribution in [2.24, 2.45) is 0 Å². The van der Waals surface area contributed by atoms with Gasteiger partial charge in [-0.1, -0.05) is 12.1 Å². The molecule has 1 heterocycles. The molecule has 0 radical (unpaired) electrons. The maximum Gasteiger partial charge on any atom is 0.0946 e. The van der Waals surface area contributed by atoms with Gasteiger partial charge in [0, 0.05) is 25.5 Å². The van der Waals surface area contributed by atoms with Crippen LogP contribution in [0.2, 0.25) is 0 Å². The number of aryl methyl sites for hydroxylation is 1. The first-order valence-electron chi connectivity index (χ1n) is 5.32. The zero-order valence-corrected chi connectivity index (χ0v) is 9.35. The number of nitrogens with zero attached hydrogens (tertiary/aromatic N) is 2. The van der Waals surface area contributed by atoms with E-state index in [-0.39, 0.29) is 0 Å². The SMILES string of the molecule is Cc1cccc(N)c1NCCn1ccnc1. The number of rotatable bonds is 4. The third-order valence-corrected chi connectivity index (χ3v) is 2.54. The fraction of sp³-hybridized carbons (Fsp3) is 0.250. The Morgan fingerprint density at radius 2 is 2.31 bits per heavy atom. The van der Waals surface area contributed by atoms with Crippen LogP contribution in [0.25, 0.3) is 0 Å². The molecule has 0 spiro atoms. The Balaban J connectivity index is 1.95. The first-order chi connectivity index (χ1) is 7.77. The number of anilines is 2. The molecule has 0 saturated heterocycles. The number of benzene rings is 1. The molecular formula is C12H16N4. The molecule has 4 heteroatoms. The van der Waals surface area contributed by atoms with Gasteiger partial charge in [-0.05, 0) is 18.6 Å². The van der Waals surface area contributed by atoms with Gasteiger partial charge in [0.1, 0.15) is 0 Å². The molecule has 0 saturated carbocycles. The number of aromatic nitrogens is 2. The minimum atomic E-state index is 0.797. The summed E-state index contributed by atoms with van der Waals surface area (Å²) in [5.74, 6) is 0. The number of para-hydroxylation sites is 1. The van der Waals surface area contributed by atoms with E-state index in [1.54, 1.807) is 6.20 Å². The van der Waals surface area contributed by atoms with Crippen molar-refractivity contribution < 1.29 is 0 Å². The van der Waals surface area contributed by atoms with Gasteiger partial charge in [0.2, 0.25) is 0 Å². The summed E-state index contributed by atoms with van der Waals surface area (Å²) in [7, 11) is 0. The summed E-state index contributed by atoms with van der Waals surface area (Å²) in [6.07, 6.45) is 5.54. The van der Waals surface area contributed by atoms with E-state index < -0.39 is 0 Å². The van der Waals surface area contributed by atoms with E-state index in [4.69, 9.17) is 5.73 Å². The lowest BCUT2D eigenvalue weighted by atomic mass is 10.1. The van der Waals surface area contributed by atoms with E-state index in [0.29, 0.717) is 0 Å². The molecule has 0 amide bonds. The molecule has 0 fully saturated rings. The number of nitrogen functional groups attached to an aromatic ring is 1. The molecule has 4 nitrogen and oxygen atoms in total. The molecule has 3 N–H and O–H groups in total. The van der Waals surface area contributed by atoms with Gasteiger partial charge in [-0.3, -0.25) is 0 Å². The Bertz CT molecular complexity index is 428. The molecule has 1 aromatic carbocycles. The van der Waals surface area contributed by atoms with Crippen molar-refractivity contribution in [1.29, 1.82) is 0 Å². The lowest BCUT2D eigenvalue weighted by Crippen LogP contribution is -2.11. The third-order valence-electron chi connectivity index (χ3n) is 2.54. The Hall–Kier alpha value is -1.97.